The molecular weight excluding hydrogens is 420 g/mol. The molecule has 168 valence electrons. The summed E-state index contributed by atoms with van der Waals surface area (Å²) in [7, 11) is 0. The summed E-state index contributed by atoms with van der Waals surface area (Å²) in [6, 6.07) is 12.7. The topological polar surface area (TPSA) is 99.2 Å². The van der Waals surface area contributed by atoms with Crippen molar-refractivity contribution in [1.29, 1.82) is 0 Å². The Bertz CT molecular complexity index is 1360. The van der Waals surface area contributed by atoms with E-state index in [1.807, 2.05) is 50.2 Å². The second kappa shape index (κ2) is 9.52. The maximum Gasteiger partial charge on any atom is 0.340 e. The van der Waals surface area contributed by atoms with Crippen LogP contribution in [0.25, 0.3) is 11.0 Å². The first kappa shape index (κ1) is 22.0. The molecule has 0 unspecified atom stereocenters. The Hall–Kier alpha value is -4.20. The molecule has 8 heteroatoms. The molecule has 0 fully saturated rings. The van der Waals surface area contributed by atoms with Crippen molar-refractivity contribution in [2.24, 2.45) is 0 Å². The number of nitrogens with one attached hydrogen (secondary N) is 1. The smallest absolute Gasteiger partial charge is 0.340 e. The van der Waals surface area contributed by atoms with E-state index in [0.29, 0.717) is 41.3 Å². The summed E-state index contributed by atoms with van der Waals surface area (Å²) in [5, 5.41) is 7.67. The van der Waals surface area contributed by atoms with Crippen LogP contribution in [0.5, 0.6) is 5.75 Å². The van der Waals surface area contributed by atoms with E-state index in [1.165, 1.54) is 6.33 Å². The summed E-state index contributed by atoms with van der Waals surface area (Å²) in [5.74, 6) is 0.293. The van der Waals surface area contributed by atoms with Crippen molar-refractivity contribution in [3.63, 3.8) is 0 Å². The summed E-state index contributed by atoms with van der Waals surface area (Å²) in [4.78, 5) is 29.1. The Kier molecular flexibility index (Phi) is 6.35. The number of hydrogen-bond acceptors (Lipinski definition) is 6. The minimum absolute atomic E-state index is 0.0846. The van der Waals surface area contributed by atoms with Crippen molar-refractivity contribution in [3.8, 4) is 5.75 Å². The Morgan fingerprint density at radius 2 is 2.00 bits per heavy atom. The van der Waals surface area contributed by atoms with E-state index in [4.69, 9.17) is 9.15 Å². The molecule has 8 nitrogen and oxygen atoms in total. The van der Waals surface area contributed by atoms with Crippen LogP contribution < -0.4 is 15.7 Å². The van der Waals surface area contributed by atoms with Gasteiger partial charge in [0.15, 0.2) is 0 Å². The molecule has 1 N–H and O–H groups in total. The monoisotopic (exact) mass is 444 g/mol. The van der Waals surface area contributed by atoms with Gasteiger partial charge in [0.1, 0.15) is 30.6 Å². The fourth-order valence-electron chi connectivity index (χ4n) is 3.44. The molecule has 0 aliphatic heterocycles. The fraction of sp³-hybridized carbons (Fsp3) is 0.200. The van der Waals surface area contributed by atoms with Crippen molar-refractivity contribution >= 4 is 22.6 Å². The molecule has 4 rings (SSSR count). The standard InChI is InChI=1S/C25H24N4O4/c1-16(2)13-32-20-8-9-21-17(3)22(25(31)33-23(21)10-20)11-24(30)28-19-6-4-18(5-7-19)12-29-15-26-14-27-29/h4-10,14-15H,1,11-13H2,2-3H3,(H,28,30). The number of aromatic nitrogens is 3. The van der Waals surface area contributed by atoms with Crippen LogP contribution in [-0.4, -0.2) is 27.3 Å². The van der Waals surface area contributed by atoms with E-state index in [9.17, 15) is 9.59 Å². The van der Waals surface area contributed by atoms with Gasteiger partial charge in [0.2, 0.25) is 5.91 Å². The average Bonchev–Trinajstić information content (AvgIpc) is 3.29. The van der Waals surface area contributed by atoms with E-state index < -0.39 is 5.63 Å². The molecule has 2 heterocycles. The van der Waals surface area contributed by atoms with Gasteiger partial charge in [-0.3, -0.25) is 4.79 Å². The van der Waals surface area contributed by atoms with Crippen molar-refractivity contribution in [2.45, 2.75) is 26.8 Å². The first-order valence-corrected chi connectivity index (χ1v) is 10.4. The highest BCUT2D eigenvalue weighted by Crippen LogP contribution is 2.25. The molecule has 2 aromatic carbocycles. The molecule has 0 bridgehead atoms. The van der Waals surface area contributed by atoms with Gasteiger partial charge in [0.05, 0.1) is 18.5 Å². The number of benzene rings is 2. The van der Waals surface area contributed by atoms with Gasteiger partial charge in [-0.2, -0.15) is 5.10 Å². The number of hydrogen-bond donors (Lipinski definition) is 1. The number of amides is 1. The Balaban J connectivity index is 1.46. The molecule has 2 aromatic heterocycles. The van der Waals surface area contributed by atoms with Crippen molar-refractivity contribution < 1.29 is 13.9 Å². The summed E-state index contributed by atoms with van der Waals surface area (Å²) in [6.07, 6.45) is 3.04. The summed E-state index contributed by atoms with van der Waals surface area (Å²) in [6.45, 7) is 8.46. The van der Waals surface area contributed by atoms with Gasteiger partial charge >= 0.3 is 5.63 Å². The van der Waals surface area contributed by atoms with Crippen molar-refractivity contribution in [1.82, 2.24) is 14.8 Å². The van der Waals surface area contributed by atoms with E-state index >= 15 is 0 Å². The third-order valence-electron chi connectivity index (χ3n) is 5.13. The summed E-state index contributed by atoms with van der Waals surface area (Å²) < 4.78 is 12.8. The van der Waals surface area contributed by atoms with Crippen LogP contribution in [0.15, 0.2) is 76.5 Å². The highest BCUT2D eigenvalue weighted by molar-refractivity contribution is 5.93. The van der Waals surface area contributed by atoms with Gasteiger partial charge in [0.25, 0.3) is 0 Å². The van der Waals surface area contributed by atoms with Crippen LogP contribution in [0.4, 0.5) is 5.69 Å². The number of fused-ring (bicyclic) bond motifs is 1. The number of aryl methyl sites for hydroxylation is 1. The third kappa shape index (κ3) is 5.35. The Morgan fingerprint density at radius 1 is 1.21 bits per heavy atom. The lowest BCUT2D eigenvalue weighted by molar-refractivity contribution is -0.115. The zero-order chi connectivity index (χ0) is 23.4. The predicted molar refractivity (Wildman–Crippen MR) is 125 cm³/mol. The van der Waals surface area contributed by atoms with E-state index in [0.717, 1.165) is 16.5 Å². The van der Waals surface area contributed by atoms with Gasteiger partial charge in [-0.15, -0.1) is 0 Å². The number of carbonyl (C=O) groups is 1. The van der Waals surface area contributed by atoms with Crippen molar-refractivity contribution in [3.05, 3.63) is 94.4 Å². The van der Waals surface area contributed by atoms with Crippen LogP contribution in [0.3, 0.4) is 0 Å². The molecule has 0 saturated carbocycles. The molecule has 4 aromatic rings. The van der Waals surface area contributed by atoms with E-state index in [1.54, 1.807) is 17.1 Å². The molecular formula is C25H24N4O4. The molecule has 0 aliphatic carbocycles. The minimum atomic E-state index is -0.532. The Labute approximate surface area is 190 Å². The minimum Gasteiger partial charge on any atom is -0.489 e. The highest BCUT2D eigenvalue weighted by Gasteiger charge is 2.16. The Morgan fingerprint density at radius 3 is 2.70 bits per heavy atom. The lowest BCUT2D eigenvalue weighted by Crippen LogP contribution is -2.20. The highest BCUT2D eigenvalue weighted by atomic mass is 16.5. The van der Waals surface area contributed by atoms with Gasteiger partial charge in [-0.25, -0.2) is 14.5 Å². The summed E-state index contributed by atoms with van der Waals surface area (Å²) in [5.41, 5.74) is 3.49. The van der Waals surface area contributed by atoms with Gasteiger partial charge < -0.3 is 14.5 Å². The van der Waals surface area contributed by atoms with E-state index in [-0.39, 0.29) is 12.3 Å². The molecule has 0 saturated heterocycles. The van der Waals surface area contributed by atoms with E-state index in [2.05, 4.69) is 22.0 Å². The molecule has 0 atom stereocenters. The number of ether oxygens (including phenoxy) is 1. The maximum absolute atomic E-state index is 12.6. The average molecular weight is 444 g/mol. The largest absolute Gasteiger partial charge is 0.489 e. The summed E-state index contributed by atoms with van der Waals surface area (Å²) >= 11 is 0. The number of anilines is 1. The van der Waals surface area contributed by atoms with Crippen LogP contribution in [0.2, 0.25) is 0 Å². The molecule has 0 aliphatic rings. The van der Waals surface area contributed by atoms with Crippen LogP contribution in [-0.2, 0) is 17.8 Å². The number of carbonyl (C=O) groups excluding carboxylic acids is 1. The molecule has 33 heavy (non-hydrogen) atoms. The number of nitrogens with zero attached hydrogens (tertiary/aromatic N) is 3. The van der Waals surface area contributed by atoms with Gasteiger partial charge in [0, 0.05) is 17.1 Å². The van der Waals surface area contributed by atoms with Crippen LogP contribution >= 0.6 is 0 Å². The normalized spacial score (nSPS) is 10.8. The first-order valence-electron chi connectivity index (χ1n) is 10.4. The SMILES string of the molecule is C=C(C)COc1ccc2c(C)c(CC(=O)Nc3ccc(Cn4cncn4)cc3)c(=O)oc2c1. The van der Waals surface area contributed by atoms with Crippen LogP contribution in [0, 0.1) is 6.92 Å². The number of rotatable bonds is 8. The quantitative estimate of drug-likeness (QED) is 0.327. The van der Waals surface area contributed by atoms with Gasteiger partial charge in [-0.1, -0.05) is 18.7 Å². The molecule has 1 amide bonds. The fourth-order valence-corrected chi connectivity index (χ4v) is 3.44. The second-order valence-electron chi connectivity index (χ2n) is 7.91. The zero-order valence-corrected chi connectivity index (χ0v) is 18.5. The molecule has 0 radical (unpaired) electrons. The third-order valence-corrected chi connectivity index (χ3v) is 5.13. The maximum atomic E-state index is 12.6. The lowest BCUT2D eigenvalue weighted by atomic mass is 10.0. The first-order chi connectivity index (χ1) is 15.9. The predicted octanol–water partition coefficient (Wildman–Crippen LogP) is 3.88. The van der Waals surface area contributed by atoms with Gasteiger partial charge in [-0.05, 0) is 54.8 Å². The zero-order valence-electron chi connectivity index (χ0n) is 18.5. The molecule has 0 spiro atoms. The lowest BCUT2D eigenvalue weighted by Gasteiger charge is -2.11. The van der Waals surface area contributed by atoms with Crippen molar-refractivity contribution in [2.75, 3.05) is 11.9 Å². The van der Waals surface area contributed by atoms with Crippen LogP contribution in [0.1, 0.15) is 23.6 Å². The second-order valence-corrected chi connectivity index (χ2v) is 7.91.